The Morgan fingerprint density at radius 1 is 0.750 bits per heavy atom. The molecule has 2 saturated carbocycles. The molecule has 14 heteroatoms. The van der Waals surface area contributed by atoms with Gasteiger partial charge in [0.25, 0.3) is 0 Å². The van der Waals surface area contributed by atoms with Crippen molar-refractivity contribution in [1.29, 1.82) is 0 Å². The van der Waals surface area contributed by atoms with Crippen LogP contribution in [0.5, 0.6) is 0 Å². The second kappa shape index (κ2) is 19.0. The van der Waals surface area contributed by atoms with Crippen LogP contribution in [-0.4, -0.2) is 96.0 Å². The Balaban J connectivity index is 1.02. The average Bonchev–Trinajstić information content (AvgIpc) is 3.27. The van der Waals surface area contributed by atoms with E-state index in [4.69, 9.17) is 14.5 Å². The lowest BCUT2D eigenvalue weighted by Crippen LogP contribution is -2.39. The molecule has 0 radical (unpaired) electrons. The van der Waals surface area contributed by atoms with Gasteiger partial charge < -0.3 is 40.3 Å². The number of aliphatic hydroxyl groups is 1. The number of ether oxygens (including phenoxy) is 2. The summed E-state index contributed by atoms with van der Waals surface area (Å²) in [5.41, 5.74) is 8.15. The van der Waals surface area contributed by atoms with Crippen molar-refractivity contribution < 1.29 is 38.6 Å². The molecule has 64 heavy (non-hydrogen) atoms. The average molecular weight is 877 g/mol. The highest BCUT2D eigenvalue weighted by Gasteiger charge is 2.44. The third-order valence-electron chi connectivity index (χ3n) is 14.4. The summed E-state index contributed by atoms with van der Waals surface area (Å²) in [5, 5.41) is 21.3. The monoisotopic (exact) mass is 876 g/mol. The van der Waals surface area contributed by atoms with Gasteiger partial charge in [-0.15, -0.1) is 0 Å². The number of Topliss-reactive ketones (excluding diaryl/α,β-unsaturated/α-hetero) is 1. The highest BCUT2D eigenvalue weighted by Crippen LogP contribution is 2.50. The van der Waals surface area contributed by atoms with E-state index < -0.39 is 30.3 Å². The van der Waals surface area contributed by atoms with Crippen LogP contribution in [0.2, 0.25) is 0 Å². The summed E-state index contributed by atoms with van der Waals surface area (Å²) in [6, 6.07) is 2.11. The number of nitrogens with zero attached hydrogens (tertiary/aromatic N) is 3. The van der Waals surface area contributed by atoms with Crippen LogP contribution in [0.3, 0.4) is 0 Å². The zero-order valence-corrected chi connectivity index (χ0v) is 37.6. The smallest absolute Gasteiger partial charge is 0.407 e. The van der Waals surface area contributed by atoms with Gasteiger partial charge in [0.15, 0.2) is 0 Å². The van der Waals surface area contributed by atoms with Gasteiger partial charge in [0.2, 0.25) is 17.6 Å². The molecule has 0 aromatic heterocycles. The van der Waals surface area contributed by atoms with E-state index in [9.17, 15) is 29.1 Å². The van der Waals surface area contributed by atoms with Crippen LogP contribution in [-0.2, 0) is 36.7 Å². The lowest BCUT2D eigenvalue weighted by Gasteiger charge is -2.42. The highest BCUT2D eigenvalue weighted by molar-refractivity contribution is 6.42. The van der Waals surface area contributed by atoms with Crippen LogP contribution in [0, 0.1) is 0 Å². The number of allylic oxidation sites excluding steroid dienone is 6. The molecule has 4 N–H and O–H groups in total. The predicted octanol–water partition coefficient (Wildman–Crippen LogP) is 8.20. The molecule has 4 heterocycles. The summed E-state index contributed by atoms with van der Waals surface area (Å²) < 4.78 is 11.2. The highest BCUT2D eigenvalue weighted by atomic mass is 16.6. The fourth-order valence-electron chi connectivity index (χ4n) is 11.5. The first-order chi connectivity index (χ1) is 31.0. The maximum absolute atomic E-state index is 14.8. The van der Waals surface area contributed by atoms with Gasteiger partial charge in [0.1, 0.15) is 18.0 Å². The SMILES string of the molecule is CC(CC(=O)N=C1C2=C3C(=C/C1=C1\C(=O)C(c4cc5c6c(c4NC(=O)CC(C)OC(=O)NC4CCCCC4)CCCN6CCC5)=C1O)CCCN3CCC2)OC(=O)NC1CCCCC1. The van der Waals surface area contributed by atoms with Gasteiger partial charge in [-0.25, -0.2) is 14.6 Å². The molecule has 2 atom stereocenters. The van der Waals surface area contributed by atoms with Crippen LogP contribution in [0.15, 0.2) is 50.9 Å². The van der Waals surface area contributed by atoms with Crippen molar-refractivity contribution in [2.75, 3.05) is 36.4 Å². The minimum Gasteiger partial charge on any atom is -0.506 e. The molecule has 1 aromatic carbocycles. The molecule has 0 spiro atoms. The third-order valence-corrected chi connectivity index (χ3v) is 14.4. The maximum Gasteiger partial charge on any atom is 0.407 e. The Morgan fingerprint density at radius 2 is 1.34 bits per heavy atom. The molecule has 9 rings (SSSR count). The molecule has 3 fully saturated rings. The van der Waals surface area contributed by atoms with Crippen LogP contribution >= 0.6 is 0 Å². The van der Waals surface area contributed by atoms with E-state index in [1.165, 1.54) is 6.42 Å². The molecular weight excluding hydrogens is 813 g/mol. The van der Waals surface area contributed by atoms with E-state index in [1.54, 1.807) is 13.8 Å². The summed E-state index contributed by atoms with van der Waals surface area (Å²) in [4.78, 5) is 77.4. The van der Waals surface area contributed by atoms with Gasteiger partial charge in [-0.3, -0.25) is 14.4 Å². The number of aliphatic imine (C=N–C) groups is 1. The van der Waals surface area contributed by atoms with E-state index in [-0.39, 0.29) is 53.5 Å². The largest absolute Gasteiger partial charge is 0.506 e. The normalized spacial score (nSPS) is 23.9. The van der Waals surface area contributed by atoms with Crippen molar-refractivity contribution in [1.82, 2.24) is 15.5 Å². The number of rotatable bonds is 10. The number of anilines is 2. The molecule has 2 unspecified atom stereocenters. The minimum atomic E-state index is -0.727. The second-order valence-electron chi connectivity index (χ2n) is 19.2. The number of aryl methyl sites for hydroxylation is 1. The van der Waals surface area contributed by atoms with Gasteiger partial charge in [-0.05, 0) is 120 Å². The van der Waals surface area contributed by atoms with Gasteiger partial charge in [-0.2, -0.15) is 0 Å². The fourth-order valence-corrected chi connectivity index (χ4v) is 11.5. The van der Waals surface area contributed by atoms with Crippen LogP contribution in [0.4, 0.5) is 21.0 Å². The van der Waals surface area contributed by atoms with Gasteiger partial charge in [0.05, 0.1) is 35.4 Å². The van der Waals surface area contributed by atoms with E-state index >= 15 is 0 Å². The molecule has 4 amide bonds. The molecule has 4 aliphatic heterocycles. The number of aliphatic hydroxyl groups excluding tert-OH is 1. The standard InChI is InChI=1S/C50H64N6O8/c1-29(63-49(61)51-33-15-5-3-6-16-33)25-39(57)53-43-35-19-11-23-55-21-9-13-31(45(35)55)27-37(43)41-47(59)42(48(41)60)38-28-32-14-10-22-56-24-12-20-36(46(32)56)44(38)54-40(58)26-30(2)64-50(62)52-34-17-7-4-8-18-34/h27-30,33-34,59H,3-26H2,1-2H3,(H,51,61)(H,52,62)(H,53,57)/b42-38+,54-44?. The first-order valence-corrected chi connectivity index (χ1v) is 24.2. The van der Waals surface area contributed by atoms with Crippen molar-refractivity contribution >= 4 is 52.4 Å². The molecule has 342 valence electrons. The quantitative estimate of drug-likeness (QED) is 0.168. The van der Waals surface area contributed by atoms with Crippen molar-refractivity contribution in [2.24, 2.45) is 4.99 Å². The summed E-state index contributed by atoms with van der Waals surface area (Å²) in [7, 11) is 0. The number of amides is 4. The van der Waals surface area contributed by atoms with Gasteiger partial charge in [0, 0.05) is 66.4 Å². The molecule has 1 saturated heterocycles. The molecular formula is C50H64N6O8. The number of alkyl carbamates (subject to hydrolysis) is 2. The molecule has 1 aromatic rings. The van der Waals surface area contributed by atoms with Crippen LogP contribution in [0.25, 0.3) is 5.57 Å². The first kappa shape index (κ1) is 43.8. The van der Waals surface area contributed by atoms with Crippen molar-refractivity contribution in [3.63, 3.8) is 0 Å². The van der Waals surface area contributed by atoms with Crippen LogP contribution < -0.4 is 20.9 Å². The van der Waals surface area contributed by atoms with E-state index in [1.807, 2.05) is 12.1 Å². The summed E-state index contributed by atoms with van der Waals surface area (Å²) in [6.07, 6.45) is 16.1. The molecule has 8 aliphatic rings. The topological polar surface area (TPSA) is 179 Å². The number of nitrogens with one attached hydrogen (secondary N) is 3. The number of carbonyl (C=O) groups excluding carboxylic acids is 5. The Labute approximate surface area is 376 Å². The minimum absolute atomic E-state index is 0.0748. The van der Waals surface area contributed by atoms with Crippen molar-refractivity contribution in [2.45, 2.75) is 167 Å². The predicted molar refractivity (Wildman–Crippen MR) is 244 cm³/mol. The Kier molecular flexibility index (Phi) is 13.0. The summed E-state index contributed by atoms with van der Waals surface area (Å²) in [5.74, 6) is -1.41. The van der Waals surface area contributed by atoms with E-state index in [2.05, 4.69) is 25.8 Å². The molecule has 0 bridgehead atoms. The number of hydrogen-bond donors (Lipinski definition) is 4. The Hall–Kier alpha value is -5.40. The summed E-state index contributed by atoms with van der Waals surface area (Å²) in [6.45, 7) is 6.97. The first-order valence-electron chi connectivity index (χ1n) is 24.2. The zero-order valence-electron chi connectivity index (χ0n) is 37.6. The molecule has 4 aliphatic carbocycles. The lowest BCUT2D eigenvalue weighted by atomic mass is 9.73. The van der Waals surface area contributed by atoms with E-state index in [0.717, 1.165) is 156 Å². The van der Waals surface area contributed by atoms with Gasteiger partial charge in [-0.1, -0.05) is 38.5 Å². The van der Waals surface area contributed by atoms with E-state index in [0.29, 0.717) is 35.4 Å². The maximum atomic E-state index is 14.8. The van der Waals surface area contributed by atoms with Crippen LogP contribution in [0.1, 0.15) is 146 Å². The summed E-state index contributed by atoms with van der Waals surface area (Å²) >= 11 is 0. The second-order valence-corrected chi connectivity index (χ2v) is 19.2. The number of benzene rings is 1. The molecule has 14 nitrogen and oxygen atoms in total. The number of piperidine rings is 1. The van der Waals surface area contributed by atoms with Gasteiger partial charge >= 0.3 is 12.2 Å². The number of hydrogen-bond acceptors (Lipinski definition) is 10. The number of carbonyl (C=O) groups is 5. The lowest BCUT2D eigenvalue weighted by molar-refractivity contribution is -0.119. The zero-order chi connectivity index (χ0) is 44.5. The van der Waals surface area contributed by atoms with Crippen molar-refractivity contribution in [3.8, 4) is 0 Å². The fraction of sp³-hybridized carbons (Fsp3) is 0.600. The third kappa shape index (κ3) is 9.11. The Morgan fingerprint density at radius 3 is 2.00 bits per heavy atom. The number of ketones is 1. The van der Waals surface area contributed by atoms with Crippen molar-refractivity contribution in [3.05, 3.63) is 62.6 Å². The Bertz CT molecular complexity index is 2260.